The Hall–Kier alpha value is -1.14. The van der Waals surface area contributed by atoms with Crippen molar-refractivity contribution in [2.45, 2.75) is 6.92 Å². The van der Waals surface area contributed by atoms with Crippen LogP contribution in [0.5, 0.6) is 0 Å². The van der Waals surface area contributed by atoms with Crippen LogP contribution in [0, 0.1) is 6.92 Å². The lowest BCUT2D eigenvalue weighted by atomic mass is 10.3. The molecule has 1 aromatic heterocycles. The summed E-state index contributed by atoms with van der Waals surface area (Å²) in [5.41, 5.74) is 0.984. The first-order valence-corrected chi connectivity index (χ1v) is 5.49. The number of aryl methyl sites for hydroxylation is 1. The molecule has 0 aromatic carbocycles. The minimum Gasteiger partial charge on any atom is -0.254 e. The Bertz CT molecular complexity index is 397. The number of nitrogens with zero attached hydrogens (tertiary/aromatic N) is 2. The van der Waals surface area contributed by atoms with Crippen molar-refractivity contribution < 1.29 is 8.42 Å². The number of hydrogen-bond donors (Lipinski definition) is 1. The molecule has 0 bridgehead atoms. The van der Waals surface area contributed by atoms with Crippen LogP contribution < -0.4 is 4.72 Å². The van der Waals surface area contributed by atoms with Crippen molar-refractivity contribution >= 4 is 16.0 Å². The van der Waals surface area contributed by atoms with Crippen molar-refractivity contribution in [3.63, 3.8) is 0 Å². The van der Waals surface area contributed by atoms with Crippen LogP contribution >= 0.6 is 0 Å². The molecule has 0 aliphatic heterocycles. The molecule has 0 saturated heterocycles. The third kappa shape index (κ3) is 2.68. The second kappa shape index (κ2) is 3.93. The van der Waals surface area contributed by atoms with Gasteiger partial charge >= 0.3 is 10.2 Å². The Morgan fingerprint density at radius 3 is 2.43 bits per heavy atom. The van der Waals surface area contributed by atoms with Gasteiger partial charge in [0.1, 0.15) is 5.82 Å². The number of hydrogen-bond acceptors (Lipinski definition) is 3. The van der Waals surface area contributed by atoms with Gasteiger partial charge in [-0.2, -0.15) is 12.7 Å². The van der Waals surface area contributed by atoms with Crippen LogP contribution in [0.2, 0.25) is 0 Å². The van der Waals surface area contributed by atoms with E-state index in [2.05, 4.69) is 9.71 Å². The van der Waals surface area contributed by atoms with E-state index >= 15 is 0 Å². The van der Waals surface area contributed by atoms with E-state index in [1.165, 1.54) is 14.1 Å². The maximum Gasteiger partial charge on any atom is 0.302 e. The first-order valence-electron chi connectivity index (χ1n) is 4.05. The predicted molar refractivity (Wildman–Crippen MR) is 55.2 cm³/mol. The lowest BCUT2D eigenvalue weighted by molar-refractivity contribution is 0.526. The van der Waals surface area contributed by atoms with Crippen LogP contribution in [0.3, 0.4) is 0 Å². The van der Waals surface area contributed by atoms with E-state index in [0.717, 1.165) is 9.87 Å². The zero-order chi connectivity index (χ0) is 10.8. The van der Waals surface area contributed by atoms with Gasteiger partial charge < -0.3 is 0 Å². The van der Waals surface area contributed by atoms with E-state index in [1.807, 2.05) is 6.92 Å². The summed E-state index contributed by atoms with van der Waals surface area (Å²) in [6.07, 6.45) is 1.60. The van der Waals surface area contributed by atoms with Crippen molar-refractivity contribution in [2.75, 3.05) is 18.8 Å². The molecule has 0 radical (unpaired) electrons. The second-order valence-electron chi connectivity index (χ2n) is 3.11. The van der Waals surface area contributed by atoms with Crippen molar-refractivity contribution in [3.05, 3.63) is 23.9 Å². The first kappa shape index (κ1) is 10.9. The SMILES string of the molecule is Cc1ccc(NS(=O)(=O)N(C)C)nc1. The van der Waals surface area contributed by atoms with E-state index in [-0.39, 0.29) is 0 Å². The number of aromatic nitrogens is 1. The average Bonchev–Trinajstić information content (AvgIpc) is 2.08. The minimum atomic E-state index is -3.44. The lowest BCUT2D eigenvalue weighted by Crippen LogP contribution is -2.29. The fourth-order valence-corrected chi connectivity index (χ4v) is 1.32. The summed E-state index contributed by atoms with van der Waals surface area (Å²) in [4.78, 5) is 3.93. The molecule has 0 saturated carbocycles. The lowest BCUT2D eigenvalue weighted by Gasteiger charge is -2.12. The van der Waals surface area contributed by atoms with Gasteiger partial charge in [-0.1, -0.05) is 6.07 Å². The number of rotatable bonds is 3. The topological polar surface area (TPSA) is 62.3 Å². The molecular formula is C8H13N3O2S. The van der Waals surface area contributed by atoms with Gasteiger partial charge in [0.25, 0.3) is 0 Å². The van der Waals surface area contributed by atoms with Crippen LogP contribution in [0.4, 0.5) is 5.82 Å². The van der Waals surface area contributed by atoms with Gasteiger partial charge in [-0.3, -0.25) is 4.72 Å². The highest BCUT2D eigenvalue weighted by Gasteiger charge is 2.12. The largest absolute Gasteiger partial charge is 0.302 e. The fraction of sp³-hybridized carbons (Fsp3) is 0.375. The summed E-state index contributed by atoms with van der Waals surface area (Å²) in [6, 6.07) is 3.41. The molecule has 1 heterocycles. The third-order valence-electron chi connectivity index (χ3n) is 1.63. The summed E-state index contributed by atoms with van der Waals surface area (Å²) in [5.74, 6) is 0.323. The zero-order valence-electron chi connectivity index (χ0n) is 8.35. The average molecular weight is 215 g/mol. The van der Waals surface area contributed by atoms with E-state index in [1.54, 1.807) is 18.3 Å². The molecule has 5 nitrogen and oxygen atoms in total. The fourth-order valence-electron chi connectivity index (χ4n) is 0.752. The van der Waals surface area contributed by atoms with Crippen LogP contribution in [-0.4, -0.2) is 31.8 Å². The molecule has 78 valence electrons. The second-order valence-corrected chi connectivity index (χ2v) is 4.99. The molecule has 1 aromatic rings. The molecule has 0 atom stereocenters. The standard InChI is InChI=1S/C8H13N3O2S/c1-7-4-5-8(9-6-7)10-14(12,13)11(2)3/h4-6H,1-3H3,(H,9,10). The summed E-state index contributed by atoms with van der Waals surface area (Å²) in [6.45, 7) is 1.89. The van der Waals surface area contributed by atoms with Crippen LogP contribution in [-0.2, 0) is 10.2 Å². The normalized spacial score (nSPS) is 11.7. The molecule has 14 heavy (non-hydrogen) atoms. The smallest absolute Gasteiger partial charge is 0.254 e. The molecule has 6 heteroatoms. The Morgan fingerprint density at radius 1 is 1.36 bits per heavy atom. The van der Waals surface area contributed by atoms with Gasteiger partial charge in [0.15, 0.2) is 0 Å². The maximum absolute atomic E-state index is 11.4. The van der Waals surface area contributed by atoms with Crippen molar-refractivity contribution in [1.82, 2.24) is 9.29 Å². The van der Waals surface area contributed by atoms with Crippen molar-refractivity contribution in [3.8, 4) is 0 Å². The molecule has 0 spiro atoms. The van der Waals surface area contributed by atoms with Gasteiger partial charge in [0.2, 0.25) is 0 Å². The van der Waals surface area contributed by atoms with Crippen LogP contribution in [0.1, 0.15) is 5.56 Å². The van der Waals surface area contributed by atoms with Gasteiger partial charge in [-0.05, 0) is 18.6 Å². The number of nitrogens with one attached hydrogen (secondary N) is 1. The maximum atomic E-state index is 11.4. The van der Waals surface area contributed by atoms with E-state index in [9.17, 15) is 8.42 Å². The molecule has 0 amide bonds. The molecular weight excluding hydrogens is 202 g/mol. The van der Waals surface area contributed by atoms with E-state index in [4.69, 9.17) is 0 Å². The Labute approximate surface area is 84.0 Å². The van der Waals surface area contributed by atoms with Crippen LogP contribution in [0.15, 0.2) is 18.3 Å². The molecule has 1 rings (SSSR count). The first-order chi connectivity index (χ1) is 6.42. The molecule has 1 N–H and O–H groups in total. The summed E-state index contributed by atoms with van der Waals surface area (Å²) < 4.78 is 26.1. The van der Waals surface area contributed by atoms with Gasteiger partial charge in [-0.15, -0.1) is 0 Å². The summed E-state index contributed by atoms with van der Waals surface area (Å²) >= 11 is 0. The molecule has 0 fully saturated rings. The van der Waals surface area contributed by atoms with E-state index in [0.29, 0.717) is 5.82 Å². The minimum absolute atomic E-state index is 0.323. The Balaban J connectivity index is 2.85. The quantitative estimate of drug-likeness (QED) is 0.803. The highest BCUT2D eigenvalue weighted by molar-refractivity contribution is 7.90. The Morgan fingerprint density at radius 2 is 2.00 bits per heavy atom. The van der Waals surface area contributed by atoms with Crippen LogP contribution in [0.25, 0.3) is 0 Å². The summed E-state index contributed by atoms with van der Waals surface area (Å²) in [5, 5.41) is 0. The van der Waals surface area contributed by atoms with Crippen molar-refractivity contribution in [2.24, 2.45) is 0 Å². The molecule has 0 aliphatic carbocycles. The Kier molecular flexibility index (Phi) is 3.07. The third-order valence-corrected chi connectivity index (χ3v) is 3.05. The number of pyridine rings is 1. The van der Waals surface area contributed by atoms with E-state index < -0.39 is 10.2 Å². The number of anilines is 1. The van der Waals surface area contributed by atoms with Crippen molar-refractivity contribution in [1.29, 1.82) is 0 Å². The highest BCUT2D eigenvalue weighted by atomic mass is 32.2. The van der Waals surface area contributed by atoms with Gasteiger partial charge in [0.05, 0.1) is 0 Å². The summed E-state index contributed by atoms with van der Waals surface area (Å²) in [7, 11) is -0.533. The van der Waals surface area contributed by atoms with Gasteiger partial charge in [0, 0.05) is 20.3 Å². The predicted octanol–water partition coefficient (Wildman–Crippen LogP) is 0.608. The highest BCUT2D eigenvalue weighted by Crippen LogP contribution is 2.06. The molecule has 0 unspecified atom stereocenters. The van der Waals surface area contributed by atoms with Gasteiger partial charge in [-0.25, -0.2) is 4.98 Å². The zero-order valence-corrected chi connectivity index (χ0v) is 9.17. The monoisotopic (exact) mass is 215 g/mol. The molecule has 0 aliphatic rings.